The van der Waals surface area contributed by atoms with Gasteiger partial charge in [-0.05, 0) is 64.5 Å². The molecule has 2 aliphatic rings. The number of rotatable bonds is 12. The molecule has 1 aliphatic carbocycles. The van der Waals surface area contributed by atoms with Crippen LogP contribution in [0.5, 0.6) is 5.75 Å². The standard InChI is InChI=1S/C29H44O9/c1-6-8-21-10-12-22(13-11-21)9-7-18-32-24-16-14-23(15-17-24)25-35-26(37-28(30)33-19(2)3)27(36-25)38-29(31)34-20(4)5/h14-17,19-22,25-27H,6-13,18H2,1-5H3/t21?,22?,26-,27-/m1/s1. The molecule has 1 heterocycles. The van der Waals surface area contributed by atoms with Crippen LogP contribution in [0.1, 0.15) is 97.8 Å². The molecule has 0 N–H and O–H groups in total. The van der Waals surface area contributed by atoms with E-state index in [0.29, 0.717) is 12.2 Å². The minimum absolute atomic E-state index is 0.390. The Morgan fingerprint density at radius 1 is 0.816 bits per heavy atom. The second-order valence-electron chi connectivity index (χ2n) is 10.6. The van der Waals surface area contributed by atoms with E-state index in [2.05, 4.69) is 6.92 Å². The number of carbonyl (C=O) groups is 2. The van der Waals surface area contributed by atoms with Crippen molar-refractivity contribution in [3.63, 3.8) is 0 Å². The van der Waals surface area contributed by atoms with Gasteiger partial charge in [0.05, 0.1) is 18.8 Å². The van der Waals surface area contributed by atoms with Crippen LogP contribution in [0.15, 0.2) is 24.3 Å². The van der Waals surface area contributed by atoms with Gasteiger partial charge < -0.3 is 33.2 Å². The van der Waals surface area contributed by atoms with Gasteiger partial charge in [0, 0.05) is 5.56 Å². The van der Waals surface area contributed by atoms with Gasteiger partial charge in [-0.1, -0.05) is 57.6 Å². The first kappa shape index (κ1) is 30.0. The summed E-state index contributed by atoms with van der Waals surface area (Å²) in [7, 11) is 0. The summed E-state index contributed by atoms with van der Waals surface area (Å²) >= 11 is 0. The lowest BCUT2D eigenvalue weighted by Gasteiger charge is -2.28. The second-order valence-corrected chi connectivity index (χ2v) is 10.6. The van der Waals surface area contributed by atoms with E-state index in [1.54, 1.807) is 39.8 Å². The van der Waals surface area contributed by atoms with E-state index in [9.17, 15) is 9.59 Å². The molecule has 0 spiro atoms. The van der Waals surface area contributed by atoms with Crippen LogP contribution in [0.25, 0.3) is 0 Å². The quantitative estimate of drug-likeness (QED) is 0.202. The van der Waals surface area contributed by atoms with Gasteiger partial charge >= 0.3 is 12.3 Å². The molecule has 1 saturated heterocycles. The van der Waals surface area contributed by atoms with Gasteiger partial charge in [-0.25, -0.2) is 9.59 Å². The highest BCUT2D eigenvalue weighted by molar-refractivity contribution is 5.61. The summed E-state index contributed by atoms with van der Waals surface area (Å²) < 4.78 is 37.8. The number of benzene rings is 1. The molecular formula is C29H44O9. The summed E-state index contributed by atoms with van der Waals surface area (Å²) in [4.78, 5) is 24.0. The van der Waals surface area contributed by atoms with Gasteiger partial charge in [0.1, 0.15) is 5.75 Å². The van der Waals surface area contributed by atoms with Crippen molar-refractivity contribution in [1.29, 1.82) is 0 Å². The molecule has 9 heteroatoms. The fourth-order valence-electron chi connectivity index (χ4n) is 4.86. The molecule has 0 radical (unpaired) electrons. The lowest BCUT2D eigenvalue weighted by atomic mass is 9.78. The Labute approximate surface area is 226 Å². The van der Waals surface area contributed by atoms with Crippen molar-refractivity contribution in [1.82, 2.24) is 0 Å². The number of ether oxygens (including phenoxy) is 7. The molecule has 9 nitrogen and oxygen atoms in total. The zero-order chi connectivity index (χ0) is 27.5. The van der Waals surface area contributed by atoms with E-state index in [-0.39, 0.29) is 12.2 Å². The number of carbonyl (C=O) groups excluding carboxylic acids is 2. The first-order valence-electron chi connectivity index (χ1n) is 14.0. The third-order valence-electron chi connectivity index (χ3n) is 6.67. The fourth-order valence-corrected chi connectivity index (χ4v) is 4.86. The minimum Gasteiger partial charge on any atom is -0.494 e. The van der Waals surface area contributed by atoms with E-state index >= 15 is 0 Å². The van der Waals surface area contributed by atoms with Crippen LogP contribution in [0, 0.1) is 11.8 Å². The Morgan fingerprint density at radius 3 is 1.79 bits per heavy atom. The molecule has 1 aromatic rings. The maximum Gasteiger partial charge on any atom is 0.511 e. The minimum atomic E-state index is -1.32. The van der Waals surface area contributed by atoms with Crippen molar-refractivity contribution < 1.29 is 42.7 Å². The Kier molecular flexibility index (Phi) is 12.0. The Hall–Kier alpha value is -2.52. The Bertz CT molecular complexity index is 814. The fraction of sp³-hybridized carbons (Fsp3) is 0.724. The van der Waals surface area contributed by atoms with Gasteiger partial charge in [-0.3, -0.25) is 0 Å². The van der Waals surface area contributed by atoms with Gasteiger partial charge in [-0.2, -0.15) is 0 Å². The first-order chi connectivity index (χ1) is 18.2. The normalized spacial score (nSPS) is 23.9. The van der Waals surface area contributed by atoms with E-state index < -0.39 is 31.2 Å². The van der Waals surface area contributed by atoms with E-state index in [0.717, 1.165) is 24.0 Å². The highest BCUT2D eigenvalue weighted by Gasteiger charge is 2.43. The van der Waals surface area contributed by atoms with Crippen LogP contribution in [-0.2, 0) is 28.4 Å². The largest absolute Gasteiger partial charge is 0.511 e. The zero-order valence-electron chi connectivity index (χ0n) is 23.4. The van der Waals surface area contributed by atoms with Crippen LogP contribution in [0.4, 0.5) is 9.59 Å². The molecule has 1 saturated carbocycles. The summed E-state index contributed by atoms with van der Waals surface area (Å²) in [5.41, 5.74) is 0.648. The molecular weight excluding hydrogens is 492 g/mol. The SMILES string of the molecule is CCCC1CCC(CCCOc2ccc(C3O[C@H](OC(=O)OC(C)C)[C@@H](OC(=O)OC(C)C)O3)cc2)CC1. The van der Waals surface area contributed by atoms with Gasteiger partial charge in [0.2, 0.25) is 0 Å². The van der Waals surface area contributed by atoms with Crippen LogP contribution < -0.4 is 4.74 Å². The summed E-state index contributed by atoms with van der Waals surface area (Å²) in [5, 5.41) is 0. The highest BCUT2D eigenvalue weighted by atomic mass is 16.9. The number of hydrogen-bond acceptors (Lipinski definition) is 9. The average molecular weight is 537 g/mol. The van der Waals surface area contributed by atoms with Crippen molar-refractivity contribution >= 4 is 12.3 Å². The zero-order valence-corrected chi connectivity index (χ0v) is 23.4. The summed E-state index contributed by atoms with van der Waals surface area (Å²) in [6.07, 6.45) is 4.10. The van der Waals surface area contributed by atoms with Crippen molar-refractivity contribution in [2.24, 2.45) is 11.8 Å². The topological polar surface area (TPSA) is 98.8 Å². The predicted octanol–water partition coefficient (Wildman–Crippen LogP) is 7.27. The maximum absolute atomic E-state index is 12.0. The first-order valence-corrected chi connectivity index (χ1v) is 14.0. The summed E-state index contributed by atoms with van der Waals surface area (Å²) in [5.74, 6) is 2.51. The van der Waals surface area contributed by atoms with Crippen LogP contribution in [0.3, 0.4) is 0 Å². The summed E-state index contributed by atoms with van der Waals surface area (Å²) in [6, 6.07) is 7.27. The van der Waals surface area contributed by atoms with Crippen LogP contribution >= 0.6 is 0 Å². The van der Waals surface area contributed by atoms with E-state index in [1.165, 1.54) is 44.9 Å². The molecule has 0 bridgehead atoms. The van der Waals surface area contributed by atoms with E-state index in [1.807, 2.05) is 12.1 Å². The smallest absolute Gasteiger partial charge is 0.494 e. The van der Waals surface area contributed by atoms with Gasteiger partial charge in [0.15, 0.2) is 6.29 Å². The second kappa shape index (κ2) is 15.2. The summed E-state index contributed by atoms with van der Waals surface area (Å²) in [6.45, 7) is 9.70. The highest BCUT2D eigenvalue weighted by Crippen LogP contribution is 2.35. The third kappa shape index (κ3) is 9.98. The number of hydrogen-bond donors (Lipinski definition) is 0. The molecule has 0 amide bonds. The molecule has 2 fully saturated rings. The van der Waals surface area contributed by atoms with Crippen molar-refractivity contribution in [3.8, 4) is 5.75 Å². The molecule has 0 aromatic heterocycles. The predicted molar refractivity (Wildman–Crippen MR) is 139 cm³/mol. The third-order valence-corrected chi connectivity index (χ3v) is 6.67. The average Bonchev–Trinajstić information content (AvgIpc) is 3.24. The van der Waals surface area contributed by atoms with E-state index in [4.69, 9.17) is 33.2 Å². The molecule has 1 aliphatic heterocycles. The molecule has 38 heavy (non-hydrogen) atoms. The van der Waals surface area contributed by atoms with Crippen molar-refractivity contribution in [2.45, 2.75) is 117 Å². The van der Waals surface area contributed by atoms with Crippen LogP contribution in [-0.4, -0.2) is 43.7 Å². The maximum atomic E-state index is 12.0. The molecule has 3 rings (SSSR count). The molecule has 2 atom stereocenters. The molecule has 0 unspecified atom stereocenters. The lowest BCUT2D eigenvalue weighted by Crippen LogP contribution is -2.34. The molecule has 1 aromatic carbocycles. The van der Waals surface area contributed by atoms with Crippen molar-refractivity contribution in [2.75, 3.05) is 6.61 Å². The monoisotopic (exact) mass is 536 g/mol. The molecule has 214 valence electrons. The van der Waals surface area contributed by atoms with Gasteiger partial charge in [-0.15, -0.1) is 0 Å². The lowest BCUT2D eigenvalue weighted by molar-refractivity contribution is -0.163. The Morgan fingerprint density at radius 2 is 1.32 bits per heavy atom. The van der Waals surface area contributed by atoms with Crippen molar-refractivity contribution in [3.05, 3.63) is 29.8 Å². The Balaban J connectivity index is 1.47. The van der Waals surface area contributed by atoms with Crippen LogP contribution in [0.2, 0.25) is 0 Å². The van der Waals surface area contributed by atoms with Gasteiger partial charge in [0.25, 0.3) is 12.6 Å².